The smallest absolute Gasteiger partial charge is 0.338 e. The van der Waals surface area contributed by atoms with E-state index in [0.29, 0.717) is 17.1 Å². The molecule has 0 aromatic heterocycles. The van der Waals surface area contributed by atoms with Gasteiger partial charge in [0.2, 0.25) is 0 Å². The molecule has 1 saturated heterocycles. The van der Waals surface area contributed by atoms with Crippen molar-refractivity contribution in [1.29, 1.82) is 0 Å². The van der Waals surface area contributed by atoms with Gasteiger partial charge in [0.05, 0.1) is 26.3 Å². The number of piperidine rings is 1. The van der Waals surface area contributed by atoms with Crippen molar-refractivity contribution >= 4 is 24.1 Å². The van der Waals surface area contributed by atoms with Gasteiger partial charge in [0.15, 0.2) is 11.5 Å². The average molecular weight is 454 g/mol. The third-order valence-electron chi connectivity index (χ3n) is 5.61. The summed E-state index contributed by atoms with van der Waals surface area (Å²) >= 11 is 0. The topological polar surface area (TPSA) is 48.0 Å². The van der Waals surface area contributed by atoms with Crippen molar-refractivity contribution in [3.05, 3.63) is 78.4 Å². The quantitative estimate of drug-likeness (QED) is 0.453. The first-order chi connectivity index (χ1) is 15.2. The third-order valence-corrected chi connectivity index (χ3v) is 5.61. The zero-order valence-corrected chi connectivity index (χ0v) is 19.1. The van der Waals surface area contributed by atoms with Gasteiger partial charge in [0.25, 0.3) is 0 Å². The number of carbonyl (C=O) groups is 1. The zero-order valence-electron chi connectivity index (χ0n) is 18.3. The molecule has 5 nitrogen and oxygen atoms in total. The van der Waals surface area contributed by atoms with Crippen LogP contribution in [0.15, 0.2) is 72.8 Å². The molecule has 1 atom stereocenters. The monoisotopic (exact) mass is 453 g/mol. The molecule has 0 amide bonds. The molecule has 0 N–H and O–H groups in total. The van der Waals surface area contributed by atoms with E-state index < -0.39 is 0 Å². The molecule has 1 heterocycles. The minimum atomic E-state index is -0.279. The average Bonchev–Trinajstić information content (AvgIpc) is 2.84. The lowest BCUT2D eigenvalue weighted by molar-refractivity contribution is 0.0270. The standard InChI is InChI=1S/C26H27NO4.ClH/c1-29-24-15-14-21(17-25(24)30-2)19-10-12-20(13-11-19)26(28)31-23-9-6-16-27(18-23)22-7-4-3-5-8-22;/h3-5,7-8,10-15,17,23H,6,9,16,18H2,1-2H3;1H. The number of anilines is 1. The normalized spacial score (nSPS) is 15.4. The minimum absolute atomic E-state index is 0. The minimum Gasteiger partial charge on any atom is -0.493 e. The Morgan fingerprint density at radius 1 is 0.875 bits per heavy atom. The van der Waals surface area contributed by atoms with Gasteiger partial charge >= 0.3 is 5.97 Å². The third kappa shape index (κ3) is 5.35. The molecule has 1 aliphatic rings. The van der Waals surface area contributed by atoms with Crippen LogP contribution in [0.3, 0.4) is 0 Å². The number of ether oxygens (including phenoxy) is 3. The number of halogens is 1. The molecule has 3 aromatic rings. The second kappa shape index (κ2) is 10.9. The van der Waals surface area contributed by atoms with Crippen molar-refractivity contribution in [3.63, 3.8) is 0 Å². The van der Waals surface area contributed by atoms with E-state index in [-0.39, 0.29) is 24.5 Å². The maximum Gasteiger partial charge on any atom is 0.338 e. The highest BCUT2D eigenvalue weighted by molar-refractivity contribution is 5.90. The van der Waals surface area contributed by atoms with E-state index in [1.165, 1.54) is 5.69 Å². The predicted octanol–water partition coefficient (Wildman–Crippen LogP) is 5.62. The SMILES string of the molecule is COc1ccc(-c2ccc(C(=O)OC3CCCN(c4ccccc4)C3)cc2)cc1OC.Cl. The van der Waals surface area contributed by atoms with Gasteiger partial charge in [-0.1, -0.05) is 36.4 Å². The number of methoxy groups -OCH3 is 2. The lowest BCUT2D eigenvalue weighted by Crippen LogP contribution is -2.40. The predicted molar refractivity (Wildman–Crippen MR) is 129 cm³/mol. The molecule has 168 valence electrons. The second-order valence-electron chi connectivity index (χ2n) is 7.60. The van der Waals surface area contributed by atoms with E-state index in [9.17, 15) is 4.79 Å². The first kappa shape index (κ1) is 23.5. The second-order valence-corrected chi connectivity index (χ2v) is 7.60. The fourth-order valence-corrected chi connectivity index (χ4v) is 3.94. The van der Waals surface area contributed by atoms with Crippen LogP contribution in [0.4, 0.5) is 5.69 Å². The highest BCUT2D eigenvalue weighted by Gasteiger charge is 2.24. The zero-order chi connectivity index (χ0) is 21.6. The first-order valence-electron chi connectivity index (χ1n) is 10.5. The number of hydrogen-bond donors (Lipinski definition) is 0. The van der Waals surface area contributed by atoms with Gasteiger partial charge in [0, 0.05) is 12.2 Å². The molecule has 1 unspecified atom stereocenters. The van der Waals surface area contributed by atoms with Crippen molar-refractivity contribution < 1.29 is 19.0 Å². The summed E-state index contributed by atoms with van der Waals surface area (Å²) < 4.78 is 16.5. The summed E-state index contributed by atoms with van der Waals surface area (Å²) in [6.45, 7) is 1.71. The van der Waals surface area contributed by atoms with Gasteiger partial charge in [-0.25, -0.2) is 4.79 Å². The van der Waals surface area contributed by atoms with Crippen LogP contribution in [-0.4, -0.2) is 39.4 Å². The van der Waals surface area contributed by atoms with Gasteiger partial charge in [-0.05, 0) is 60.4 Å². The van der Waals surface area contributed by atoms with E-state index in [4.69, 9.17) is 14.2 Å². The van der Waals surface area contributed by atoms with Gasteiger partial charge in [-0.15, -0.1) is 12.4 Å². The molecule has 0 saturated carbocycles. The van der Waals surface area contributed by atoms with Crippen molar-refractivity contribution in [2.45, 2.75) is 18.9 Å². The summed E-state index contributed by atoms with van der Waals surface area (Å²) in [5.74, 6) is 1.08. The Bertz CT molecular complexity index is 1020. The van der Waals surface area contributed by atoms with E-state index in [0.717, 1.165) is 37.1 Å². The Morgan fingerprint density at radius 2 is 1.56 bits per heavy atom. The molecule has 4 rings (SSSR count). The van der Waals surface area contributed by atoms with E-state index in [1.54, 1.807) is 14.2 Å². The Hall–Kier alpha value is -3.18. The summed E-state index contributed by atoms with van der Waals surface area (Å²) in [6, 6.07) is 23.5. The number of benzene rings is 3. The van der Waals surface area contributed by atoms with Crippen molar-refractivity contribution in [1.82, 2.24) is 0 Å². The molecule has 1 fully saturated rings. The van der Waals surface area contributed by atoms with Crippen LogP contribution in [-0.2, 0) is 4.74 Å². The van der Waals surface area contributed by atoms with Crippen LogP contribution in [0, 0.1) is 0 Å². The molecular weight excluding hydrogens is 426 g/mol. The number of carbonyl (C=O) groups excluding carboxylic acids is 1. The van der Waals surface area contributed by atoms with Crippen LogP contribution < -0.4 is 14.4 Å². The number of nitrogens with zero attached hydrogens (tertiary/aromatic N) is 1. The highest BCUT2D eigenvalue weighted by Crippen LogP contribution is 2.32. The molecular formula is C26H28ClNO4. The lowest BCUT2D eigenvalue weighted by Gasteiger charge is -2.34. The van der Waals surface area contributed by atoms with E-state index >= 15 is 0 Å². The van der Waals surface area contributed by atoms with Crippen molar-refractivity contribution in [2.75, 3.05) is 32.2 Å². The van der Waals surface area contributed by atoms with Crippen molar-refractivity contribution in [3.8, 4) is 22.6 Å². The molecule has 32 heavy (non-hydrogen) atoms. The molecule has 0 radical (unpaired) electrons. The van der Waals surface area contributed by atoms with E-state index in [1.807, 2.05) is 60.7 Å². The van der Waals surface area contributed by atoms with Gasteiger partial charge < -0.3 is 19.1 Å². The van der Waals surface area contributed by atoms with Gasteiger partial charge in [-0.3, -0.25) is 0 Å². The molecule has 0 aliphatic carbocycles. The van der Waals surface area contributed by atoms with Gasteiger partial charge in [-0.2, -0.15) is 0 Å². The first-order valence-corrected chi connectivity index (χ1v) is 10.5. The Balaban J connectivity index is 0.00000289. The maximum atomic E-state index is 12.7. The number of hydrogen-bond acceptors (Lipinski definition) is 5. The summed E-state index contributed by atoms with van der Waals surface area (Å²) in [7, 11) is 3.23. The van der Waals surface area contributed by atoms with Crippen LogP contribution in [0.25, 0.3) is 11.1 Å². The number of esters is 1. The fourth-order valence-electron chi connectivity index (χ4n) is 3.94. The summed E-state index contributed by atoms with van der Waals surface area (Å²) in [4.78, 5) is 15.0. The summed E-state index contributed by atoms with van der Waals surface area (Å²) in [5, 5.41) is 0. The number of rotatable bonds is 6. The summed E-state index contributed by atoms with van der Waals surface area (Å²) in [5.41, 5.74) is 3.71. The van der Waals surface area contributed by atoms with Crippen LogP contribution >= 0.6 is 12.4 Å². The molecule has 0 spiro atoms. The van der Waals surface area contributed by atoms with Crippen molar-refractivity contribution in [2.24, 2.45) is 0 Å². The van der Waals surface area contributed by atoms with Crippen LogP contribution in [0.2, 0.25) is 0 Å². The number of para-hydroxylation sites is 1. The van der Waals surface area contributed by atoms with Crippen LogP contribution in [0.1, 0.15) is 23.2 Å². The molecule has 3 aromatic carbocycles. The van der Waals surface area contributed by atoms with Crippen LogP contribution in [0.5, 0.6) is 11.5 Å². The fraction of sp³-hybridized carbons (Fsp3) is 0.269. The Labute approximate surface area is 195 Å². The van der Waals surface area contributed by atoms with Gasteiger partial charge in [0.1, 0.15) is 6.10 Å². The summed E-state index contributed by atoms with van der Waals surface area (Å²) in [6.07, 6.45) is 1.79. The maximum absolute atomic E-state index is 12.7. The largest absolute Gasteiger partial charge is 0.493 e. The van der Waals surface area contributed by atoms with E-state index in [2.05, 4.69) is 17.0 Å². The molecule has 0 bridgehead atoms. The Kier molecular flexibility index (Phi) is 8.01. The Morgan fingerprint density at radius 3 is 2.25 bits per heavy atom. The molecule has 1 aliphatic heterocycles. The lowest BCUT2D eigenvalue weighted by atomic mass is 10.0. The highest BCUT2D eigenvalue weighted by atomic mass is 35.5. The molecule has 6 heteroatoms.